The zero-order valence-corrected chi connectivity index (χ0v) is 17.5. The maximum atomic E-state index is 13.4. The van der Waals surface area contributed by atoms with E-state index in [4.69, 9.17) is 0 Å². The summed E-state index contributed by atoms with van der Waals surface area (Å²) in [5.74, 6) is -0.131. The van der Waals surface area contributed by atoms with E-state index < -0.39 is 6.04 Å². The number of carbonyl (C=O) groups excluding carboxylic acids is 2. The van der Waals surface area contributed by atoms with Gasteiger partial charge < -0.3 is 10.2 Å². The molecule has 1 fully saturated rings. The molecule has 2 amide bonds. The molecule has 4 nitrogen and oxygen atoms in total. The number of carbonyl (C=O) groups is 2. The number of rotatable bonds is 7. The second-order valence-corrected chi connectivity index (χ2v) is 8.32. The van der Waals surface area contributed by atoms with Gasteiger partial charge in [-0.15, -0.1) is 0 Å². The van der Waals surface area contributed by atoms with Gasteiger partial charge in [0.15, 0.2) is 0 Å². The molecule has 29 heavy (non-hydrogen) atoms. The molecule has 0 heterocycles. The highest BCUT2D eigenvalue weighted by molar-refractivity contribution is 5.97. The van der Waals surface area contributed by atoms with Gasteiger partial charge in [0.25, 0.3) is 5.91 Å². The van der Waals surface area contributed by atoms with Crippen LogP contribution in [0.25, 0.3) is 0 Å². The number of hydrogen-bond acceptors (Lipinski definition) is 2. The van der Waals surface area contributed by atoms with Crippen molar-refractivity contribution in [3.63, 3.8) is 0 Å². The summed E-state index contributed by atoms with van der Waals surface area (Å²) in [5, 5.41) is 3.24. The van der Waals surface area contributed by atoms with Gasteiger partial charge in [0, 0.05) is 18.2 Å². The maximum Gasteiger partial charge on any atom is 0.254 e. The fourth-order valence-electron chi connectivity index (χ4n) is 4.16. The second-order valence-electron chi connectivity index (χ2n) is 8.32. The van der Waals surface area contributed by atoms with Crippen molar-refractivity contribution >= 4 is 11.8 Å². The van der Waals surface area contributed by atoms with Crippen LogP contribution in [0.5, 0.6) is 0 Å². The van der Waals surface area contributed by atoms with Crippen LogP contribution in [0.2, 0.25) is 0 Å². The Morgan fingerprint density at radius 2 is 1.52 bits per heavy atom. The molecule has 1 aliphatic carbocycles. The monoisotopic (exact) mass is 392 g/mol. The van der Waals surface area contributed by atoms with Gasteiger partial charge in [-0.2, -0.15) is 0 Å². The molecule has 4 heteroatoms. The third-order valence-electron chi connectivity index (χ3n) is 5.66. The van der Waals surface area contributed by atoms with Gasteiger partial charge in [0.1, 0.15) is 6.04 Å². The number of amides is 2. The average Bonchev–Trinajstić information content (AvgIpc) is 2.74. The third kappa shape index (κ3) is 5.69. The topological polar surface area (TPSA) is 49.4 Å². The van der Waals surface area contributed by atoms with Gasteiger partial charge in [0.05, 0.1) is 0 Å². The highest BCUT2D eigenvalue weighted by Gasteiger charge is 2.34. The lowest BCUT2D eigenvalue weighted by Gasteiger charge is -2.35. The largest absolute Gasteiger partial charge is 0.352 e. The van der Waals surface area contributed by atoms with Crippen LogP contribution in [-0.4, -0.2) is 28.8 Å². The molecule has 1 atom stereocenters. The lowest BCUT2D eigenvalue weighted by Crippen LogP contribution is -2.54. The summed E-state index contributed by atoms with van der Waals surface area (Å²) in [6.07, 6.45) is 5.62. The molecule has 1 aliphatic rings. The van der Waals surface area contributed by atoms with Crippen LogP contribution in [0.3, 0.4) is 0 Å². The molecule has 2 aromatic carbocycles. The van der Waals surface area contributed by atoms with Crippen LogP contribution in [0, 0.1) is 5.92 Å². The Hall–Kier alpha value is -2.62. The molecule has 0 aromatic heterocycles. The van der Waals surface area contributed by atoms with Crippen LogP contribution in [0.15, 0.2) is 60.7 Å². The van der Waals surface area contributed by atoms with E-state index in [9.17, 15) is 9.59 Å². The quantitative estimate of drug-likeness (QED) is 0.736. The number of hydrogen-bond donors (Lipinski definition) is 1. The van der Waals surface area contributed by atoms with E-state index in [0.717, 1.165) is 31.2 Å². The first-order valence-corrected chi connectivity index (χ1v) is 10.8. The van der Waals surface area contributed by atoms with E-state index in [0.29, 0.717) is 12.1 Å². The van der Waals surface area contributed by atoms with Gasteiger partial charge in [-0.05, 0) is 36.5 Å². The zero-order valence-electron chi connectivity index (χ0n) is 17.5. The van der Waals surface area contributed by atoms with Crippen LogP contribution in [0.1, 0.15) is 61.9 Å². The molecule has 0 bridgehead atoms. The lowest BCUT2D eigenvalue weighted by atomic mass is 9.94. The Balaban J connectivity index is 1.87. The van der Waals surface area contributed by atoms with E-state index >= 15 is 0 Å². The molecule has 1 N–H and O–H groups in total. The summed E-state index contributed by atoms with van der Waals surface area (Å²) in [6, 6.07) is 18.9. The summed E-state index contributed by atoms with van der Waals surface area (Å²) in [6.45, 7) is 4.44. The smallest absolute Gasteiger partial charge is 0.254 e. The minimum atomic E-state index is -0.509. The van der Waals surface area contributed by atoms with Gasteiger partial charge >= 0.3 is 0 Å². The van der Waals surface area contributed by atoms with Crippen molar-refractivity contribution in [2.45, 2.75) is 64.6 Å². The lowest BCUT2D eigenvalue weighted by molar-refractivity contribution is -0.128. The van der Waals surface area contributed by atoms with Crippen molar-refractivity contribution in [1.82, 2.24) is 10.2 Å². The van der Waals surface area contributed by atoms with E-state index in [-0.39, 0.29) is 23.8 Å². The Bertz CT molecular complexity index is 783. The van der Waals surface area contributed by atoms with E-state index in [1.54, 1.807) is 4.90 Å². The summed E-state index contributed by atoms with van der Waals surface area (Å²) in [7, 11) is 0. The highest BCUT2D eigenvalue weighted by Crippen LogP contribution is 2.22. The molecule has 0 radical (unpaired) electrons. The van der Waals surface area contributed by atoms with Crippen molar-refractivity contribution in [3.8, 4) is 0 Å². The van der Waals surface area contributed by atoms with Gasteiger partial charge in [0.2, 0.25) is 5.91 Å². The van der Waals surface area contributed by atoms with E-state index in [1.165, 1.54) is 6.42 Å². The first kappa shape index (κ1) is 21.1. The van der Waals surface area contributed by atoms with Crippen LogP contribution in [0.4, 0.5) is 0 Å². The van der Waals surface area contributed by atoms with E-state index in [1.807, 2.05) is 74.5 Å². The van der Waals surface area contributed by atoms with Crippen molar-refractivity contribution < 1.29 is 9.59 Å². The normalized spacial score (nSPS) is 15.7. The minimum absolute atomic E-state index is 0.00923. The fraction of sp³-hybridized carbons (Fsp3) is 0.440. The molecule has 0 aliphatic heterocycles. The second kappa shape index (κ2) is 10.2. The Kier molecular flexibility index (Phi) is 7.45. The van der Waals surface area contributed by atoms with Crippen molar-refractivity contribution in [2.24, 2.45) is 5.92 Å². The molecule has 0 spiro atoms. The van der Waals surface area contributed by atoms with Crippen molar-refractivity contribution in [2.75, 3.05) is 0 Å². The summed E-state index contributed by atoms with van der Waals surface area (Å²) in [4.78, 5) is 28.5. The highest BCUT2D eigenvalue weighted by atomic mass is 16.2. The standard InChI is InChI=1S/C25H32N2O2/c1-19(2)23(24(28)26-22-16-10-5-11-17-22)27(18-20-12-6-3-7-13-20)25(29)21-14-8-4-9-15-21/h3-4,6-9,12-15,19,22-23H,5,10-11,16-18H2,1-2H3,(H,26,28). The molecule has 1 unspecified atom stereocenters. The average molecular weight is 393 g/mol. The maximum absolute atomic E-state index is 13.4. The minimum Gasteiger partial charge on any atom is -0.352 e. The summed E-state index contributed by atoms with van der Waals surface area (Å²) < 4.78 is 0. The molecule has 2 aromatic rings. The molecule has 1 saturated carbocycles. The molecular weight excluding hydrogens is 360 g/mol. The summed E-state index contributed by atoms with van der Waals surface area (Å²) in [5.41, 5.74) is 1.63. The SMILES string of the molecule is CC(C)C(C(=O)NC1CCCCC1)N(Cc1ccccc1)C(=O)c1ccccc1. The molecule has 154 valence electrons. The number of nitrogens with one attached hydrogen (secondary N) is 1. The third-order valence-corrected chi connectivity index (χ3v) is 5.66. The fourth-order valence-corrected chi connectivity index (χ4v) is 4.16. The predicted octanol–water partition coefficient (Wildman–Crippen LogP) is 4.80. The molecule has 0 saturated heterocycles. The van der Waals surface area contributed by atoms with E-state index in [2.05, 4.69) is 5.32 Å². The van der Waals surface area contributed by atoms with Crippen LogP contribution >= 0.6 is 0 Å². The first-order chi connectivity index (χ1) is 14.1. The Morgan fingerprint density at radius 3 is 2.10 bits per heavy atom. The molecule has 3 rings (SSSR count). The van der Waals surface area contributed by atoms with Gasteiger partial charge in [-0.3, -0.25) is 9.59 Å². The first-order valence-electron chi connectivity index (χ1n) is 10.8. The zero-order chi connectivity index (χ0) is 20.6. The Labute approximate surface area is 174 Å². The van der Waals surface area contributed by atoms with Crippen molar-refractivity contribution in [1.29, 1.82) is 0 Å². The van der Waals surface area contributed by atoms with Gasteiger partial charge in [-0.1, -0.05) is 81.6 Å². The number of nitrogens with zero attached hydrogens (tertiary/aromatic N) is 1. The number of benzene rings is 2. The molecular formula is C25H32N2O2. The Morgan fingerprint density at radius 1 is 0.931 bits per heavy atom. The predicted molar refractivity (Wildman–Crippen MR) is 116 cm³/mol. The van der Waals surface area contributed by atoms with Crippen LogP contribution in [-0.2, 0) is 11.3 Å². The van der Waals surface area contributed by atoms with Gasteiger partial charge in [-0.25, -0.2) is 0 Å². The summed E-state index contributed by atoms with van der Waals surface area (Å²) >= 11 is 0. The van der Waals surface area contributed by atoms with Crippen molar-refractivity contribution in [3.05, 3.63) is 71.8 Å². The van der Waals surface area contributed by atoms with Crippen LogP contribution < -0.4 is 5.32 Å².